The number of amides is 1. The van der Waals surface area contributed by atoms with Crippen molar-refractivity contribution in [3.63, 3.8) is 0 Å². The van der Waals surface area contributed by atoms with Gasteiger partial charge in [-0.2, -0.15) is 0 Å². The maximum atomic E-state index is 12.3. The molecule has 0 spiro atoms. The first-order chi connectivity index (χ1) is 9.72. The molecule has 108 valence electrons. The van der Waals surface area contributed by atoms with Crippen LogP contribution >= 0.6 is 0 Å². The molecule has 1 saturated heterocycles. The van der Waals surface area contributed by atoms with E-state index in [1.807, 2.05) is 29.2 Å². The highest BCUT2D eigenvalue weighted by atomic mass is 16.2. The van der Waals surface area contributed by atoms with Crippen molar-refractivity contribution in [1.82, 2.24) is 9.80 Å². The number of anilines is 1. The van der Waals surface area contributed by atoms with Gasteiger partial charge in [-0.05, 0) is 30.5 Å². The molecule has 0 aromatic heterocycles. The number of carbonyl (C=O) groups is 1. The summed E-state index contributed by atoms with van der Waals surface area (Å²) in [7, 11) is 0. The molecule has 1 aliphatic carbocycles. The van der Waals surface area contributed by atoms with Crippen molar-refractivity contribution in [3.8, 4) is 0 Å². The third-order valence-corrected chi connectivity index (χ3v) is 4.59. The van der Waals surface area contributed by atoms with Crippen LogP contribution in [0.2, 0.25) is 0 Å². The van der Waals surface area contributed by atoms with Crippen LogP contribution in [0.4, 0.5) is 5.69 Å². The summed E-state index contributed by atoms with van der Waals surface area (Å²) in [5.74, 6) is 0.239. The third-order valence-electron chi connectivity index (χ3n) is 4.59. The van der Waals surface area contributed by atoms with Gasteiger partial charge in [-0.25, -0.2) is 0 Å². The molecule has 20 heavy (non-hydrogen) atoms. The highest BCUT2D eigenvalue weighted by Gasteiger charge is 2.29. The number of hydrogen-bond donors (Lipinski definition) is 1. The summed E-state index contributed by atoms with van der Waals surface area (Å²) in [6.45, 7) is 3.84. The molecule has 2 fully saturated rings. The van der Waals surface area contributed by atoms with Gasteiger partial charge in [0, 0.05) is 37.9 Å². The Morgan fingerprint density at radius 1 is 1.10 bits per heavy atom. The molecule has 1 amide bonds. The second-order valence-corrected chi connectivity index (χ2v) is 5.92. The van der Waals surface area contributed by atoms with Gasteiger partial charge < -0.3 is 10.6 Å². The van der Waals surface area contributed by atoms with Gasteiger partial charge in [0.2, 0.25) is 5.91 Å². The Bertz CT molecular complexity index is 459. The van der Waals surface area contributed by atoms with Gasteiger partial charge in [-0.3, -0.25) is 9.69 Å². The minimum Gasteiger partial charge on any atom is -0.399 e. The molecule has 4 heteroatoms. The molecule has 0 bridgehead atoms. The van der Waals surface area contributed by atoms with Crippen molar-refractivity contribution >= 4 is 11.6 Å². The van der Waals surface area contributed by atoms with Gasteiger partial charge in [0.25, 0.3) is 0 Å². The maximum Gasteiger partial charge on any atom is 0.227 e. The molecule has 1 saturated carbocycles. The first-order valence-electron chi connectivity index (χ1n) is 7.58. The van der Waals surface area contributed by atoms with E-state index >= 15 is 0 Å². The fourth-order valence-corrected chi connectivity index (χ4v) is 3.01. The molecular formula is C16H23N3O. The summed E-state index contributed by atoms with van der Waals surface area (Å²) in [6.07, 6.45) is 4.56. The van der Waals surface area contributed by atoms with Crippen LogP contribution in [0.5, 0.6) is 0 Å². The summed E-state index contributed by atoms with van der Waals surface area (Å²) in [5, 5.41) is 0. The summed E-state index contributed by atoms with van der Waals surface area (Å²) in [4.78, 5) is 16.8. The van der Waals surface area contributed by atoms with E-state index in [2.05, 4.69) is 4.90 Å². The zero-order chi connectivity index (χ0) is 13.9. The SMILES string of the molecule is Nc1ccc(CC(=O)N2CCN(C3CCC3)CC2)cc1. The lowest BCUT2D eigenvalue weighted by Crippen LogP contribution is -2.53. The molecule has 1 heterocycles. The molecule has 4 nitrogen and oxygen atoms in total. The summed E-state index contributed by atoms with van der Waals surface area (Å²) < 4.78 is 0. The smallest absolute Gasteiger partial charge is 0.227 e. The van der Waals surface area contributed by atoms with Crippen molar-refractivity contribution in [2.45, 2.75) is 31.7 Å². The van der Waals surface area contributed by atoms with Gasteiger partial charge >= 0.3 is 0 Å². The Morgan fingerprint density at radius 3 is 2.30 bits per heavy atom. The van der Waals surface area contributed by atoms with E-state index in [0.29, 0.717) is 6.42 Å². The van der Waals surface area contributed by atoms with E-state index < -0.39 is 0 Å². The van der Waals surface area contributed by atoms with Crippen LogP contribution in [0.3, 0.4) is 0 Å². The predicted octanol–water partition coefficient (Wildman–Crippen LogP) is 1.51. The average Bonchev–Trinajstić information content (AvgIpc) is 2.40. The number of nitrogens with two attached hydrogens (primary N) is 1. The molecule has 0 radical (unpaired) electrons. The van der Waals surface area contributed by atoms with Gasteiger partial charge in [-0.15, -0.1) is 0 Å². The number of benzene rings is 1. The quantitative estimate of drug-likeness (QED) is 0.849. The fourth-order valence-electron chi connectivity index (χ4n) is 3.01. The Hall–Kier alpha value is -1.55. The minimum absolute atomic E-state index is 0.239. The Kier molecular flexibility index (Phi) is 3.92. The molecule has 1 aromatic rings. The molecule has 2 N–H and O–H groups in total. The number of rotatable bonds is 3. The largest absolute Gasteiger partial charge is 0.399 e. The molecule has 0 unspecified atom stereocenters. The lowest BCUT2D eigenvalue weighted by molar-refractivity contribution is -0.132. The van der Waals surface area contributed by atoms with Crippen LogP contribution in [0.25, 0.3) is 0 Å². The summed E-state index contributed by atoms with van der Waals surface area (Å²) in [6, 6.07) is 8.40. The number of hydrogen-bond acceptors (Lipinski definition) is 3. The van der Waals surface area contributed by atoms with E-state index in [1.165, 1.54) is 19.3 Å². The lowest BCUT2D eigenvalue weighted by atomic mass is 9.91. The normalized spacial score (nSPS) is 20.7. The Morgan fingerprint density at radius 2 is 1.75 bits per heavy atom. The first kappa shape index (κ1) is 13.4. The second kappa shape index (κ2) is 5.83. The zero-order valence-corrected chi connectivity index (χ0v) is 11.9. The van der Waals surface area contributed by atoms with E-state index in [0.717, 1.165) is 43.5 Å². The van der Waals surface area contributed by atoms with Crippen LogP contribution < -0.4 is 5.73 Å². The topological polar surface area (TPSA) is 49.6 Å². The molecule has 1 aromatic carbocycles. The van der Waals surface area contributed by atoms with Crippen LogP contribution in [0.15, 0.2) is 24.3 Å². The van der Waals surface area contributed by atoms with Crippen molar-refractivity contribution < 1.29 is 4.79 Å². The fraction of sp³-hybridized carbons (Fsp3) is 0.562. The first-order valence-corrected chi connectivity index (χ1v) is 7.58. The number of piperazine rings is 1. The minimum atomic E-state index is 0.239. The predicted molar refractivity (Wildman–Crippen MR) is 80.4 cm³/mol. The highest BCUT2D eigenvalue weighted by Crippen LogP contribution is 2.25. The van der Waals surface area contributed by atoms with Gasteiger partial charge in [0.1, 0.15) is 0 Å². The van der Waals surface area contributed by atoms with E-state index in [4.69, 9.17) is 5.73 Å². The Labute approximate surface area is 120 Å². The maximum absolute atomic E-state index is 12.3. The van der Waals surface area contributed by atoms with E-state index in [1.54, 1.807) is 0 Å². The molecule has 0 atom stereocenters. The third kappa shape index (κ3) is 2.96. The highest BCUT2D eigenvalue weighted by molar-refractivity contribution is 5.79. The monoisotopic (exact) mass is 273 g/mol. The molecule has 2 aliphatic rings. The lowest BCUT2D eigenvalue weighted by Gasteiger charge is -2.43. The van der Waals surface area contributed by atoms with Crippen molar-refractivity contribution in [2.24, 2.45) is 0 Å². The van der Waals surface area contributed by atoms with Crippen molar-refractivity contribution in [1.29, 1.82) is 0 Å². The van der Waals surface area contributed by atoms with E-state index in [9.17, 15) is 4.79 Å². The van der Waals surface area contributed by atoms with Gasteiger partial charge in [0.15, 0.2) is 0 Å². The number of carbonyl (C=O) groups excluding carboxylic acids is 1. The number of nitrogens with zero attached hydrogens (tertiary/aromatic N) is 2. The van der Waals surface area contributed by atoms with Crippen LogP contribution in [0, 0.1) is 0 Å². The average molecular weight is 273 g/mol. The van der Waals surface area contributed by atoms with Crippen LogP contribution in [-0.4, -0.2) is 47.9 Å². The molecule has 1 aliphatic heterocycles. The Balaban J connectivity index is 1.49. The van der Waals surface area contributed by atoms with Crippen molar-refractivity contribution in [3.05, 3.63) is 29.8 Å². The summed E-state index contributed by atoms with van der Waals surface area (Å²) >= 11 is 0. The van der Waals surface area contributed by atoms with E-state index in [-0.39, 0.29) is 5.91 Å². The van der Waals surface area contributed by atoms with Crippen LogP contribution in [-0.2, 0) is 11.2 Å². The second-order valence-electron chi connectivity index (χ2n) is 5.92. The molecule has 3 rings (SSSR count). The van der Waals surface area contributed by atoms with Crippen molar-refractivity contribution in [2.75, 3.05) is 31.9 Å². The number of nitrogen functional groups attached to an aromatic ring is 1. The van der Waals surface area contributed by atoms with Gasteiger partial charge in [0.05, 0.1) is 6.42 Å². The summed E-state index contributed by atoms with van der Waals surface area (Å²) in [5.41, 5.74) is 7.45. The standard InChI is InChI=1S/C16H23N3O/c17-14-6-4-13(5-7-14)12-16(20)19-10-8-18(9-11-19)15-2-1-3-15/h4-7,15H,1-3,8-12,17H2. The molecular weight excluding hydrogens is 250 g/mol. The zero-order valence-electron chi connectivity index (χ0n) is 11.9. The van der Waals surface area contributed by atoms with Crippen LogP contribution in [0.1, 0.15) is 24.8 Å². The van der Waals surface area contributed by atoms with Gasteiger partial charge in [-0.1, -0.05) is 18.6 Å².